The third kappa shape index (κ3) is 6.14. The number of para-hydroxylation sites is 1. The standard InChI is InChI=1S/C22H22N4O3.C2H6.CH2O/c1-13(28)24-19-11-15(7-8-23-19)21-22(25-16-5-3-2-4-6-16)20-17(26-21)9-14(12-27)10-18(20)29;2*1-2/h2-8,11,14,25-27H,9-10,12H2,1H3,(H,23,24,28);1-2H3;1H2. The summed E-state index contributed by atoms with van der Waals surface area (Å²) in [4.78, 5) is 39.8. The highest BCUT2D eigenvalue weighted by Gasteiger charge is 2.31. The minimum atomic E-state index is -0.205. The van der Waals surface area contributed by atoms with Crippen LogP contribution in [0, 0.1) is 5.92 Å². The summed E-state index contributed by atoms with van der Waals surface area (Å²) >= 11 is 0. The molecule has 1 aromatic carbocycles. The summed E-state index contributed by atoms with van der Waals surface area (Å²) in [5, 5.41) is 15.6. The Kier molecular flexibility index (Phi) is 9.50. The van der Waals surface area contributed by atoms with Crippen molar-refractivity contribution in [1.29, 1.82) is 0 Å². The second-order valence-corrected chi connectivity index (χ2v) is 7.21. The number of aliphatic hydroxyl groups is 1. The van der Waals surface area contributed by atoms with Crippen molar-refractivity contribution < 1.29 is 19.5 Å². The Morgan fingerprint density at radius 3 is 2.52 bits per heavy atom. The second-order valence-electron chi connectivity index (χ2n) is 7.21. The first-order valence-corrected chi connectivity index (χ1v) is 10.8. The molecule has 0 aliphatic heterocycles. The molecule has 0 saturated heterocycles. The number of fused-ring (bicyclic) bond motifs is 1. The van der Waals surface area contributed by atoms with Gasteiger partial charge in [-0.05, 0) is 36.6 Å². The van der Waals surface area contributed by atoms with Gasteiger partial charge in [0.25, 0.3) is 0 Å². The van der Waals surface area contributed by atoms with Crippen LogP contribution in [0.25, 0.3) is 11.3 Å². The van der Waals surface area contributed by atoms with Gasteiger partial charge in [-0.3, -0.25) is 9.59 Å². The lowest BCUT2D eigenvalue weighted by atomic mass is 9.86. The molecule has 3 aromatic rings. The molecule has 8 heteroatoms. The molecular formula is C25H30N4O4. The molecule has 1 atom stereocenters. The number of benzene rings is 1. The maximum Gasteiger partial charge on any atom is 0.222 e. The second kappa shape index (κ2) is 12.3. The molecule has 0 spiro atoms. The number of rotatable bonds is 5. The maximum atomic E-state index is 12.9. The van der Waals surface area contributed by atoms with E-state index in [4.69, 9.17) is 4.79 Å². The molecule has 33 heavy (non-hydrogen) atoms. The van der Waals surface area contributed by atoms with Crippen LogP contribution < -0.4 is 10.6 Å². The largest absolute Gasteiger partial charge is 0.396 e. The Hall–Kier alpha value is -3.78. The van der Waals surface area contributed by atoms with Gasteiger partial charge in [0.2, 0.25) is 5.91 Å². The van der Waals surface area contributed by atoms with Crippen molar-refractivity contribution in [3.8, 4) is 11.3 Å². The minimum absolute atomic E-state index is 0.00220. The molecule has 0 saturated carbocycles. The first-order valence-electron chi connectivity index (χ1n) is 10.8. The summed E-state index contributed by atoms with van der Waals surface area (Å²) in [6.45, 7) is 7.40. The number of nitrogens with zero attached hydrogens (tertiary/aromatic N) is 1. The first-order chi connectivity index (χ1) is 16.0. The van der Waals surface area contributed by atoms with Crippen LogP contribution in [0.2, 0.25) is 0 Å². The van der Waals surface area contributed by atoms with Crippen molar-refractivity contribution in [1.82, 2.24) is 9.97 Å². The van der Waals surface area contributed by atoms with Crippen LogP contribution in [0.1, 0.15) is 43.2 Å². The van der Waals surface area contributed by atoms with Crippen molar-refractivity contribution in [2.45, 2.75) is 33.6 Å². The summed E-state index contributed by atoms with van der Waals surface area (Å²) in [5.41, 5.74) is 4.55. The van der Waals surface area contributed by atoms with Gasteiger partial charge in [0.1, 0.15) is 12.6 Å². The van der Waals surface area contributed by atoms with Gasteiger partial charge in [-0.15, -0.1) is 0 Å². The number of carbonyl (C=O) groups is 3. The van der Waals surface area contributed by atoms with Gasteiger partial charge in [0, 0.05) is 43.1 Å². The number of pyridine rings is 1. The van der Waals surface area contributed by atoms with Crippen LogP contribution in [0.5, 0.6) is 0 Å². The van der Waals surface area contributed by atoms with Gasteiger partial charge in [-0.2, -0.15) is 0 Å². The average molecular weight is 451 g/mol. The Bertz CT molecular complexity index is 1080. The Morgan fingerprint density at radius 2 is 1.88 bits per heavy atom. The molecule has 8 nitrogen and oxygen atoms in total. The average Bonchev–Trinajstić information content (AvgIpc) is 3.20. The highest BCUT2D eigenvalue weighted by molar-refractivity contribution is 6.07. The number of hydrogen-bond acceptors (Lipinski definition) is 6. The third-order valence-corrected chi connectivity index (χ3v) is 4.98. The van der Waals surface area contributed by atoms with E-state index in [2.05, 4.69) is 20.6 Å². The number of nitrogens with one attached hydrogen (secondary N) is 3. The van der Waals surface area contributed by atoms with E-state index in [0.717, 1.165) is 22.6 Å². The summed E-state index contributed by atoms with van der Waals surface area (Å²) in [5.74, 6) is 0.151. The van der Waals surface area contributed by atoms with Crippen LogP contribution in [0.3, 0.4) is 0 Å². The highest BCUT2D eigenvalue weighted by Crippen LogP contribution is 2.40. The molecule has 0 radical (unpaired) electrons. The normalized spacial score (nSPS) is 14.1. The number of H-pyrrole nitrogens is 1. The summed E-state index contributed by atoms with van der Waals surface area (Å²) in [7, 11) is 0. The Morgan fingerprint density at radius 1 is 1.18 bits per heavy atom. The predicted octanol–water partition coefficient (Wildman–Crippen LogP) is 4.36. The van der Waals surface area contributed by atoms with E-state index in [9.17, 15) is 14.7 Å². The smallest absolute Gasteiger partial charge is 0.222 e. The fourth-order valence-electron chi connectivity index (χ4n) is 3.71. The van der Waals surface area contributed by atoms with Crippen LogP contribution in [0.15, 0.2) is 48.7 Å². The summed E-state index contributed by atoms with van der Waals surface area (Å²) in [6.07, 6.45) is 2.54. The number of hydrogen-bond donors (Lipinski definition) is 4. The van der Waals surface area contributed by atoms with Gasteiger partial charge in [0.05, 0.1) is 16.9 Å². The van der Waals surface area contributed by atoms with Crippen molar-refractivity contribution in [2.24, 2.45) is 5.92 Å². The molecule has 1 amide bonds. The van der Waals surface area contributed by atoms with Gasteiger partial charge in [0.15, 0.2) is 5.78 Å². The van der Waals surface area contributed by atoms with Crippen molar-refractivity contribution in [3.63, 3.8) is 0 Å². The van der Waals surface area contributed by atoms with Gasteiger partial charge in [-0.25, -0.2) is 4.98 Å². The quantitative estimate of drug-likeness (QED) is 0.458. The van der Waals surface area contributed by atoms with E-state index in [0.29, 0.717) is 29.9 Å². The molecule has 2 heterocycles. The molecule has 1 unspecified atom stereocenters. The van der Waals surface area contributed by atoms with Crippen LogP contribution in [-0.2, 0) is 16.0 Å². The van der Waals surface area contributed by atoms with Gasteiger partial charge < -0.3 is 25.5 Å². The van der Waals surface area contributed by atoms with Crippen LogP contribution in [0.4, 0.5) is 17.2 Å². The lowest BCUT2D eigenvalue weighted by Gasteiger charge is -2.20. The molecule has 1 aliphatic carbocycles. The monoisotopic (exact) mass is 450 g/mol. The minimum Gasteiger partial charge on any atom is -0.396 e. The zero-order chi connectivity index (χ0) is 24.4. The predicted molar refractivity (Wildman–Crippen MR) is 130 cm³/mol. The third-order valence-electron chi connectivity index (χ3n) is 4.98. The molecule has 2 aromatic heterocycles. The topological polar surface area (TPSA) is 124 Å². The van der Waals surface area contributed by atoms with Crippen molar-refractivity contribution >= 4 is 35.7 Å². The number of amides is 1. The molecule has 0 fully saturated rings. The molecule has 1 aliphatic rings. The molecule has 174 valence electrons. The maximum absolute atomic E-state index is 12.9. The zero-order valence-electron chi connectivity index (χ0n) is 19.1. The van der Waals surface area contributed by atoms with E-state index in [1.54, 1.807) is 12.3 Å². The molecule has 0 bridgehead atoms. The molecular weight excluding hydrogens is 420 g/mol. The number of carbonyl (C=O) groups excluding carboxylic acids is 3. The number of aromatic amines is 1. The van der Waals surface area contributed by atoms with Gasteiger partial charge in [-0.1, -0.05) is 32.0 Å². The Labute approximate surface area is 193 Å². The number of anilines is 3. The van der Waals surface area contributed by atoms with Gasteiger partial charge >= 0.3 is 0 Å². The number of aliphatic hydroxyl groups excluding tert-OH is 1. The van der Waals surface area contributed by atoms with E-state index >= 15 is 0 Å². The summed E-state index contributed by atoms with van der Waals surface area (Å²) < 4.78 is 0. The summed E-state index contributed by atoms with van der Waals surface area (Å²) in [6, 6.07) is 13.2. The lowest BCUT2D eigenvalue weighted by molar-refractivity contribution is -0.114. The molecule has 4 N–H and O–H groups in total. The fourth-order valence-corrected chi connectivity index (χ4v) is 3.71. The van der Waals surface area contributed by atoms with Crippen LogP contribution >= 0.6 is 0 Å². The van der Waals surface area contributed by atoms with Crippen LogP contribution in [-0.4, -0.2) is 40.2 Å². The van der Waals surface area contributed by atoms with Crippen molar-refractivity contribution in [3.05, 3.63) is 59.9 Å². The van der Waals surface area contributed by atoms with E-state index < -0.39 is 0 Å². The highest BCUT2D eigenvalue weighted by atomic mass is 16.3. The Balaban J connectivity index is 0.000000914. The number of aromatic nitrogens is 2. The van der Waals surface area contributed by atoms with E-state index in [1.165, 1.54) is 6.92 Å². The number of Topliss-reactive ketones (excluding diaryl/α,β-unsaturated/α-hetero) is 1. The van der Waals surface area contributed by atoms with E-state index in [1.807, 2.05) is 57.0 Å². The zero-order valence-corrected chi connectivity index (χ0v) is 19.1. The van der Waals surface area contributed by atoms with E-state index in [-0.39, 0.29) is 24.2 Å². The first kappa shape index (κ1) is 25.5. The molecule has 4 rings (SSSR count). The lowest BCUT2D eigenvalue weighted by Crippen LogP contribution is -2.22. The SMILES string of the molecule is C=O.CC.CC(=O)Nc1cc(-c2[nH]c3c(c2Nc2ccccc2)C(=O)CC(CO)C3)ccn1. The fraction of sp³-hybridized carbons (Fsp3) is 0.280. The number of ketones is 1. The van der Waals surface area contributed by atoms with Crippen molar-refractivity contribution in [2.75, 3.05) is 17.2 Å².